The average molecular weight is 321 g/mol. The van der Waals surface area contributed by atoms with Gasteiger partial charge in [0.15, 0.2) is 0 Å². The van der Waals surface area contributed by atoms with Crippen molar-refractivity contribution in [2.75, 3.05) is 14.2 Å². The fourth-order valence-corrected chi connectivity index (χ4v) is 2.21. The van der Waals surface area contributed by atoms with E-state index < -0.39 is 11.9 Å². The Balaban J connectivity index is 2.76. The quantitative estimate of drug-likeness (QED) is 0.879. The van der Waals surface area contributed by atoms with E-state index in [2.05, 4.69) is 4.74 Å². The monoisotopic (exact) mass is 320 g/mol. The third-order valence-electron chi connectivity index (χ3n) is 3.12. The molecule has 2 aromatic carbocycles. The Kier molecular flexibility index (Phi) is 4.68. The molecule has 1 N–H and O–H groups in total. The van der Waals surface area contributed by atoms with Crippen LogP contribution in [0.3, 0.4) is 0 Å². The van der Waals surface area contributed by atoms with E-state index in [1.807, 2.05) is 0 Å². The van der Waals surface area contributed by atoms with Crippen LogP contribution in [0.5, 0.6) is 5.75 Å². The highest BCUT2D eigenvalue weighted by Crippen LogP contribution is 2.33. The predicted molar refractivity (Wildman–Crippen MR) is 81.2 cm³/mol. The molecule has 0 aliphatic rings. The highest BCUT2D eigenvalue weighted by molar-refractivity contribution is 6.30. The van der Waals surface area contributed by atoms with E-state index in [0.717, 1.165) is 7.11 Å². The summed E-state index contributed by atoms with van der Waals surface area (Å²) in [4.78, 5) is 24.0. The molecule has 2 aromatic rings. The summed E-state index contributed by atoms with van der Waals surface area (Å²) in [6.07, 6.45) is 0. The van der Waals surface area contributed by atoms with Crippen LogP contribution in [0.2, 0.25) is 5.02 Å². The van der Waals surface area contributed by atoms with Crippen molar-refractivity contribution in [2.45, 2.75) is 0 Å². The molecule has 0 fully saturated rings. The van der Waals surface area contributed by atoms with Gasteiger partial charge in [0.1, 0.15) is 11.3 Å². The van der Waals surface area contributed by atoms with E-state index in [-0.39, 0.29) is 16.9 Å². The van der Waals surface area contributed by atoms with Gasteiger partial charge in [-0.3, -0.25) is 0 Å². The SMILES string of the molecule is COC(=O)c1c(O)ccc(-c2ccc(Cl)cc2)c1C(=O)OC. The molecule has 6 heteroatoms. The number of carbonyl (C=O) groups excluding carboxylic acids is 2. The summed E-state index contributed by atoms with van der Waals surface area (Å²) in [7, 11) is 2.36. The predicted octanol–water partition coefficient (Wildman–Crippen LogP) is 3.29. The van der Waals surface area contributed by atoms with Crippen LogP contribution >= 0.6 is 11.6 Å². The van der Waals surface area contributed by atoms with E-state index in [4.69, 9.17) is 16.3 Å². The average Bonchev–Trinajstić information content (AvgIpc) is 2.54. The smallest absolute Gasteiger partial charge is 0.342 e. The highest BCUT2D eigenvalue weighted by Gasteiger charge is 2.26. The van der Waals surface area contributed by atoms with E-state index in [1.54, 1.807) is 24.3 Å². The van der Waals surface area contributed by atoms with Crippen molar-refractivity contribution in [1.29, 1.82) is 0 Å². The van der Waals surface area contributed by atoms with Gasteiger partial charge in [0.2, 0.25) is 0 Å². The molecular formula is C16H13ClO5. The number of hydrogen-bond donors (Lipinski definition) is 1. The lowest BCUT2D eigenvalue weighted by molar-refractivity contribution is 0.0553. The zero-order valence-corrected chi connectivity index (χ0v) is 12.7. The van der Waals surface area contributed by atoms with Gasteiger partial charge in [0.05, 0.1) is 19.8 Å². The maximum atomic E-state index is 12.1. The van der Waals surface area contributed by atoms with Gasteiger partial charge in [0.25, 0.3) is 0 Å². The number of phenolic OH excluding ortho intramolecular Hbond substituents is 1. The molecule has 0 aliphatic carbocycles. The standard InChI is InChI=1S/C16H13ClO5/c1-21-15(19)13-11(9-3-5-10(17)6-4-9)7-8-12(18)14(13)16(20)22-2/h3-8,18H,1-2H3. The molecule has 0 radical (unpaired) electrons. The molecule has 2 rings (SSSR count). The fourth-order valence-electron chi connectivity index (χ4n) is 2.08. The highest BCUT2D eigenvalue weighted by atomic mass is 35.5. The van der Waals surface area contributed by atoms with Crippen LogP contribution in [-0.4, -0.2) is 31.3 Å². The van der Waals surface area contributed by atoms with Gasteiger partial charge in [-0.25, -0.2) is 9.59 Å². The lowest BCUT2D eigenvalue weighted by Gasteiger charge is -2.13. The number of hydrogen-bond acceptors (Lipinski definition) is 5. The molecule has 0 aliphatic heterocycles. The van der Waals surface area contributed by atoms with Crippen LogP contribution in [-0.2, 0) is 9.47 Å². The topological polar surface area (TPSA) is 72.8 Å². The third kappa shape index (κ3) is 2.89. The van der Waals surface area contributed by atoms with Gasteiger partial charge in [-0.2, -0.15) is 0 Å². The van der Waals surface area contributed by atoms with Crippen LogP contribution in [0.4, 0.5) is 0 Å². The minimum atomic E-state index is -0.825. The Labute approximate surface area is 132 Å². The molecule has 0 aromatic heterocycles. The van der Waals surface area contributed by atoms with Crippen LogP contribution in [0.15, 0.2) is 36.4 Å². The number of phenols is 1. The second-order valence-corrected chi connectivity index (χ2v) is 4.81. The van der Waals surface area contributed by atoms with Crippen molar-refractivity contribution >= 4 is 23.5 Å². The molecular weight excluding hydrogens is 308 g/mol. The second-order valence-electron chi connectivity index (χ2n) is 4.37. The van der Waals surface area contributed by atoms with Gasteiger partial charge in [-0.1, -0.05) is 23.7 Å². The van der Waals surface area contributed by atoms with E-state index >= 15 is 0 Å². The number of esters is 2. The molecule has 0 saturated carbocycles. The first kappa shape index (κ1) is 15.9. The molecule has 0 saturated heterocycles. The number of halogens is 1. The Morgan fingerprint density at radius 1 is 0.909 bits per heavy atom. The summed E-state index contributed by atoms with van der Waals surface area (Å²) >= 11 is 5.85. The molecule has 22 heavy (non-hydrogen) atoms. The molecule has 0 heterocycles. The van der Waals surface area contributed by atoms with Crippen LogP contribution in [0.1, 0.15) is 20.7 Å². The van der Waals surface area contributed by atoms with Gasteiger partial charge in [-0.15, -0.1) is 0 Å². The Morgan fingerprint density at radius 3 is 2.00 bits per heavy atom. The van der Waals surface area contributed by atoms with Crippen molar-refractivity contribution in [2.24, 2.45) is 0 Å². The van der Waals surface area contributed by atoms with Crippen molar-refractivity contribution in [3.8, 4) is 16.9 Å². The van der Waals surface area contributed by atoms with Crippen molar-refractivity contribution in [1.82, 2.24) is 0 Å². The molecule has 5 nitrogen and oxygen atoms in total. The van der Waals surface area contributed by atoms with Gasteiger partial charge in [0, 0.05) is 5.02 Å². The van der Waals surface area contributed by atoms with Crippen LogP contribution in [0.25, 0.3) is 11.1 Å². The summed E-state index contributed by atoms with van der Waals surface area (Å²) in [6.45, 7) is 0. The summed E-state index contributed by atoms with van der Waals surface area (Å²) in [5, 5.41) is 10.5. The third-order valence-corrected chi connectivity index (χ3v) is 3.37. The number of ether oxygens (including phenoxy) is 2. The normalized spacial score (nSPS) is 10.1. The largest absolute Gasteiger partial charge is 0.507 e. The number of rotatable bonds is 3. The van der Waals surface area contributed by atoms with Gasteiger partial charge >= 0.3 is 11.9 Å². The second kappa shape index (κ2) is 6.49. The van der Waals surface area contributed by atoms with E-state index in [0.29, 0.717) is 16.1 Å². The lowest BCUT2D eigenvalue weighted by Crippen LogP contribution is -2.13. The minimum Gasteiger partial charge on any atom is -0.507 e. The van der Waals surface area contributed by atoms with Crippen molar-refractivity contribution in [3.63, 3.8) is 0 Å². The van der Waals surface area contributed by atoms with E-state index in [9.17, 15) is 14.7 Å². The van der Waals surface area contributed by atoms with Crippen molar-refractivity contribution < 1.29 is 24.2 Å². The zero-order valence-electron chi connectivity index (χ0n) is 11.9. The Bertz CT molecular complexity index is 722. The number of benzene rings is 2. The summed E-state index contributed by atoms with van der Waals surface area (Å²) in [5.41, 5.74) is 0.787. The summed E-state index contributed by atoms with van der Waals surface area (Å²) in [6, 6.07) is 9.55. The first-order valence-corrected chi connectivity index (χ1v) is 6.66. The van der Waals surface area contributed by atoms with E-state index in [1.165, 1.54) is 19.2 Å². The number of aromatic hydroxyl groups is 1. The number of carbonyl (C=O) groups is 2. The van der Waals surface area contributed by atoms with Gasteiger partial charge < -0.3 is 14.6 Å². The van der Waals surface area contributed by atoms with Crippen LogP contribution < -0.4 is 0 Å². The maximum absolute atomic E-state index is 12.1. The summed E-state index contributed by atoms with van der Waals surface area (Å²) < 4.78 is 9.36. The molecule has 0 unspecified atom stereocenters. The van der Waals surface area contributed by atoms with Crippen molar-refractivity contribution in [3.05, 3.63) is 52.5 Å². The maximum Gasteiger partial charge on any atom is 0.342 e. The Hall–Kier alpha value is -2.53. The first-order valence-electron chi connectivity index (χ1n) is 6.28. The molecule has 0 amide bonds. The number of methoxy groups -OCH3 is 2. The minimum absolute atomic E-state index is 0.0586. The summed E-state index contributed by atoms with van der Waals surface area (Å²) in [5.74, 6) is -1.93. The fraction of sp³-hybridized carbons (Fsp3) is 0.125. The molecule has 114 valence electrons. The molecule has 0 spiro atoms. The Morgan fingerprint density at radius 2 is 1.45 bits per heavy atom. The van der Waals surface area contributed by atoms with Gasteiger partial charge in [-0.05, 0) is 35.4 Å². The zero-order chi connectivity index (χ0) is 16.3. The molecule has 0 atom stereocenters. The first-order chi connectivity index (χ1) is 10.5. The lowest BCUT2D eigenvalue weighted by atomic mass is 9.94. The van der Waals surface area contributed by atoms with Crippen LogP contribution in [0, 0.1) is 0 Å². The molecule has 0 bridgehead atoms.